The fourth-order valence-corrected chi connectivity index (χ4v) is 1.35. The molecule has 0 aromatic heterocycles. The molecule has 0 saturated heterocycles. The molecule has 0 unspecified atom stereocenters. The first-order chi connectivity index (χ1) is 8.77. The van der Waals surface area contributed by atoms with Crippen molar-refractivity contribution in [2.75, 3.05) is 12.0 Å². The van der Waals surface area contributed by atoms with Crippen molar-refractivity contribution in [2.24, 2.45) is 5.84 Å². The maximum Gasteiger partial charge on any atom is 0.324 e. The Morgan fingerprint density at radius 1 is 1.42 bits per heavy atom. The second kappa shape index (κ2) is 5.87. The summed E-state index contributed by atoms with van der Waals surface area (Å²) < 4.78 is 49.2. The number of nitrogen functional groups attached to an aromatic ring is 1. The molecule has 1 rings (SSSR count). The number of aryl methyl sites for hydroxylation is 1. The third kappa shape index (κ3) is 3.82. The van der Waals surface area contributed by atoms with Crippen molar-refractivity contribution in [1.82, 2.24) is 5.32 Å². The normalized spacial score (nSPS) is 11.5. The van der Waals surface area contributed by atoms with E-state index in [4.69, 9.17) is 5.84 Å². The van der Waals surface area contributed by atoms with E-state index in [1.807, 2.05) is 0 Å². The molecule has 19 heavy (non-hydrogen) atoms. The Kier molecular flexibility index (Phi) is 4.71. The first-order valence-corrected chi connectivity index (χ1v) is 5.29. The molecule has 0 bridgehead atoms. The van der Waals surface area contributed by atoms with E-state index in [0.717, 1.165) is 5.56 Å². The van der Waals surface area contributed by atoms with Crippen molar-refractivity contribution in [3.63, 3.8) is 0 Å². The van der Waals surface area contributed by atoms with Gasteiger partial charge in [0.05, 0.1) is 17.8 Å². The van der Waals surface area contributed by atoms with Gasteiger partial charge in [0, 0.05) is 0 Å². The number of alkyl halides is 4. The Balaban J connectivity index is 2.79. The molecule has 0 aliphatic heterocycles. The molecule has 1 amide bonds. The minimum absolute atomic E-state index is 0.00170. The molecule has 8 heteroatoms. The molecule has 0 aliphatic rings. The van der Waals surface area contributed by atoms with Crippen LogP contribution < -0.4 is 16.6 Å². The maximum atomic E-state index is 12.7. The van der Waals surface area contributed by atoms with Gasteiger partial charge in [0.1, 0.15) is 0 Å². The number of rotatable bonds is 5. The number of hydrazine groups is 1. The Labute approximate surface area is 106 Å². The van der Waals surface area contributed by atoms with Crippen molar-refractivity contribution >= 4 is 11.6 Å². The fraction of sp³-hybridized carbons (Fsp3) is 0.364. The summed E-state index contributed by atoms with van der Waals surface area (Å²) in [5, 5.41) is 1.75. The molecule has 0 heterocycles. The van der Waals surface area contributed by atoms with Gasteiger partial charge >= 0.3 is 12.3 Å². The summed E-state index contributed by atoms with van der Waals surface area (Å²) in [7, 11) is 0. The molecule has 4 N–H and O–H groups in total. The summed E-state index contributed by atoms with van der Waals surface area (Å²) in [6.45, 7) is 0.300. The minimum Gasteiger partial charge on any atom is -0.346 e. The Morgan fingerprint density at radius 2 is 2.05 bits per heavy atom. The zero-order chi connectivity index (χ0) is 14.6. The van der Waals surface area contributed by atoms with Crippen molar-refractivity contribution in [3.05, 3.63) is 29.3 Å². The van der Waals surface area contributed by atoms with E-state index in [9.17, 15) is 22.4 Å². The first-order valence-electron chi connectivity index (χ1n) is 5.29. The summed E-state index contributed by atoms with van der Waals surface area (Å²) in [4.78, 5) is 11.6. The van der Waals surface area contributed by atoms with Crippen molar-refractivity contribution < 1.29 is 22.4 Å². The average molecular weight is 279 g/mol. The van der Waals surface area contributed by atoms with Crippen LogP contribution in [0.3, 0.4) is 0 Å². The van der Waals surface area contributed by atoms with Gasteiger partial charge in [0.25, 0.3) is 5.91 Å². The van der Waals surface area contributed by atoms with Crippen LogP contribution in [0.5, 0.6) is 0 Å². The summed E-state index contributed by atoms with van der Waals surface area (Å²) in [5.41, 5.74) is 3.25. The number of nitrogens with two attached hydrogens (primary N) is 1. The number of anilines is 1. The number of hydrogen-bond acceptors (Lipinski definition) is 3. The van der Waals surface area contributed by atoms with Gasteiger partial charge < -0.3 is 10.7 Å². The lowest BCUT2D eigenvalue weighted by molar-refractivity contribution is -0.123. The second-order valence-corrected chi connectivity index (χ2v) is 3.94. The third-order valence-corrected chi connectivity index (χ3v) is 2.38. The van der Waals surface area contributed by atoms with Crippen molar-refractivity contribution in [2.45, 2.75) is 19.3 Å². The van der Waals surface area contributed by atoms with Gasteiger partial charge in [0.2, 0.25) is 0 Å². The van der Waals surface area contributed by atoms with Gasteiger partial charge in [-0.15, -0.1) is 0 Å². The molecule has 0 aliphatic carbocycles. The zero-order valence-electron chi connectivity index (χ0n) is 10.0. The van der Waals surface area contributed by atoms with Crippen LogP contribution in [0.2, 0.25) is 0 Å². The zero-order valence-corrected chi connectivity index (χ0v) is 10.0. The van der Waals surface area contributed by atoms with E-state index >= 15 is 0 Å². The van der Waals surface area contributed by atoms with Crippen LogP contribution in [0.15, 0.2) is 18.2 Å². The first kappa shape index (κ1) is 15.2. The van der Waals surface area contributed by atoms with E-state index in [1.165, 1.54) is 12.1 Å². The topological polar surface area (TPSA) is 67.2 Å². The second-order valence-electron chi connectivity index (χ2n) is 3.94. The Hall–Kier alpha value is -1.83. The SMILES string of the molecule is Cc1ccc(C(=O)NCC(F)(F)C(F)F)c(NN)c1. The molecule has 1 aromatic rings. The quantitative estimate of drug-likeness (QED) is 0.438. The Bertz CT molecular complexity index is 465. The van der Waals surface area contributed by atoms with Gasteiger partial charge in [0.15, 0.2) is 0 Å². The molecule has 0 atom stereocenters. The molecule has 106 valence electrons. The van der Waals surface area contributed by atoms with Crippen LogP contribution in [0.4, 0.5) is 23.2 Å². The van der Waals surface area contributed by atoms with Crippen LogP contribution in [0.25, 0.3) is 0 Å². The monoisotopic (exact) mass is 279 g/mol. The highest BCUT2D eigenvalue weighted by molar-refractivity contribution is 5.99. The molecular formula is C11H13F4N3O. The van der Waals surface area contributed by atoms with Gasteiger partial charge in [-0.2, -0.15) is 8.78 Å². The van der Waals surface area contributed by atoms with E-state index < -0.39 is 24.8 Å². The molecule has 0 radical (unpaired) electrons. The van der Waals surface area contributed by atoms with E-state index in [2.05, 4.69) is 5.43 Å². The van der Waals surface area contributed by atoms with E-state index in [1.54, 1.807) is 18.3 Å². The fourth-order valence-electron chi connectivity index (χ4n) is 1.35. The number of carbonyl (C=O) groups excluding carboxylic acids is 1. The van der Waals surface area contributed by atoms with E-state index in [0.29, 0.717) is 0 Å². The largest absolute Gasteiger partial charge is 0.346 e. The number of halogens is 4. The molecule has 0 fully saturated rings. The number of carbonyl (C=O) groups is 1. The number of hydrogen-bond donors (Lipinski definition) is 3. The van der Waals surface area contributed by atoms with Gasteiger partial charge in [-0.05, 0) is 24.6 Å². The average Bonchev–Trinajstić information content (AvgIpc) is 2.35. The smallest absolute Gasteiger partial charge is 0.324 e. The van der Waals surface area contributed by atoms with Gasteiger partial charge in [-0.3, -0.25) is 10.6 Å². The lowest BCUT2D eigenvalue weighted by atomic mass is 10.1. The van der Waals surface area contributed by atoms with Crippen LogP contribution in [0, 0.1) is 6.92 Å². The highest BCUT2D eigenvalue weighted by Gasteiger charge is 2.40. The minimum atomic E-state index is -4.27. The summed E-state index contributed by atoms with van der Waals surface area (Å²) >= 11 is 0. The van der Waals surface area contributed by atoms with Crippen LogP contribution in [0.1, 0.15) is 15.9 Å². The van der Waals surface area contributed by atoms with E-state index in [-0.39, 0.29) is 11.3 Å². The predicted octanol–water partition coefficient (Wildman–Crippen LogP) is 1.91. The lowest BCUT2D eigenvalue weighted by Crippen LogP contribution is -2.41. The van der Waals surface area contributed by atoms with Crippen LogP contribution >= 0.6 is 0 Å². The highest BCUT2D eigenvalue weighted by Crippen LogP contribution is 2.22. The number of amides is 1. The molecule has 0 spiro atoms. The maximum absolute atomic E-state index is 12.7. The lowest BCUT2D eigenvalue weighted by Gasteiger charge is -2.16. The van der Waals surface area contributed by atoms with Gasteiger partial charge in [-0.1, -0.05) is 6.07 Å². The summed E-state index contributed by atoms with van der Waals surface area (Å²) in [6.07, 6.45) is -3.84. The van der Waals surface area contributed by atoms with Crippen molar-refractivity contribution in [1.29, 1.82) is 0 Å². The number of nitrogens with one attached hydrogen (secondary N) is 2. The van der Waals surface area contributed by atoms with Crippen LogP contribution in [-0.2, 0) is 0 Å². The highest BCUT2D eigenvalue weighted by atomic mass is 19.3. The standard InChI is InChI=1S/C11H13F4N3O/c1-6-2-3-7(8(4-6)18-16)9(19)17-5-11(14,15)10(12)13/h2-4,10,18H,5,16H2,1H3,(H,17,19). The Morgan fingerprint density at radius 3 is 2.58 bits per heavy atom. The summed E-state index contributed by atoms with van der Waals surface area (Å²) in [5.74, 6) is 0.0131. The molecule has 0 saturated carbocycles. The molecular weight excluding hydrogens is 266 g/mol. The predicted molar refractivity (Wildman–Crippen MR) is 62.3 cm³/mol. The van der Waals surface area contributed by atoms with Gasteiger partial charge in [-0.25, -0.2) is 8.78 Å². The van der Waals surface area contributed by atoms with Crippen LogP contribution in [-0.4, -0.2) is 24.8 Å². The molecule has 1 aromatic carbocycles. The molecule has 4 nitrogen and oxygen atoms in total. The third-order valence-electron chi connectivity index (χ3n) is 2.38. The summed E-state index contributed by atoms with van der Waals surface area (Å²) in [6, 6.07) is 4.46. The van der Waals surface area contributed by atoms with Crippen molar-refractivity contribution in [3.8, 4) is 0 Å². The number of benzene rings is 1.